The summed E-state index contributed by atoms with van der Waals surface area (Å²) in [7, 11) is -3.69. The number of rotatable bonds is 2. The van der Waals surface area contributed by atoms with E-state index in [-0.39, 0.29) is 0 Å². The van der Waals surface area contributed by atoms with Crippen LogP contribution >= 0.6 is 0 Å². The van der Waals surface area contributed by atoms with E-state index in [1.54, 1.807) is 13.0 Å². The van der Waals surface area contributed by atoms with Gasteiger partial charge in [-0.15, -0.1) is 0 Å². The van der Waals surface area contributed by atoms with Gasteiger partial charge in [-0.2, -0.15) is 0 Å². The molecule has 0 bridgehead atoms. The van der Waals surface area contributed by atoms with E-state index in [2.05, 4.69) is 0 Å². The summed E-state index contributed by atoms with van der Waals surface area (Å²) in [4.78, 5) is 0.361. The van der Waals surface area contributed by atoms with Gasteiger partial charge in [0.15, 0.2) is 9.84 Å². The van der Waals surface area contributed by atoms with E-state index in [0.29, 0.717) is 10.5 Å². The van der Waals surface area contributed by atoms with Gasteiger partial charge in [0.25, 0.3) is 0 Å². The minimum Gasteiger partial charge on any atom is -0.399 e. The van der Waals surface area contributed by atoms with Crippen molar-refractivity contribution >= 4 is 22.4 Å². The van der Waals surface area contributed by atoms with Gasteiger partial charge in [-0.25, -0.2) is 8.42 Å². The van der Waals surface area contributed by atoms with Crippen molar-refractivity contribution in [3.05, 3.63) is 23.3 Å². The average molecular weight is 310 g/mol. The van der Waals surface area contributed by atoms with Crippen LogP contribution < -0.4 is 5.46 Å². The molecule has 0 atom stereocenters. The monoisotopic (exact) mass is 310 g/mol. The molecule has 6 heteroatoms. The van der Waals surface area contributed by atoms with Crippen LogP contribution in [0.3, 0.4) is 0 Å². The molecule has 1 aromatic rings. The summed E-state index contributed by atoms with van der Waals surface area (Å²) in [5.74, 6) is 0. The van der Waals surface area contributed by atoms with Crippen molar-refractivity contribution in [2.75, 3.05) is 6.26 Å². The molecule has 1 heterocycles. The third kappa shape index (κ3) is 2.89. The average Bonchev–Trinajstić information content (AvgIpc) is 2.49. The quantitative estimate of drug-likeness (QED) is 0.784. The first-order valence-electron chi connectivity index (χ1n) is 7.02. The zero-order valence-electron chi connectivity index (χ0n) is 13.8. The SMILES string of the molecule is Cc1cc(S(C)(=O)=O)c(C)cc1B1OC(C)(C)C(C)(C)O1. The fraction of sp³-hybridized carbons (Fsp3) is 0.600. The lowest BCUT2D eigenvalue weighted by Crippen LogP contribution is -2.41. The summed E-state index contributed by atoms with van der Waals surface area (Å²) in [5.41, 5.74) is 1.65. The van der Waals surface area contributed by atoms with Crippen LogP contribution in [0.2, 0.25) is 0 Å². The van der Waals surface area contributed by atoms with Gasteiger partial charge in [0.1, 0.15) is 0 Å². The second-order valence-corrected chi connectivity index (χ2v) is 8.82. The number of hydrogen-bond acceptors (Lipinski definition) is 4. The fourth-order valence-corrected chi connectivity index (χ4v) is 3.47. The molecule has 0 spiro atoms. The van der Waals surface area contributed by atoms with E-state index in [9.17, 15) is 8.42 Å². The van der Waals surface area contributed by atoms with Crippen LogP contribution in [0.15, 0.2) is 17.0 Å². The Morgan fingerprint density at radius 3 is 1.86 bits per heavy atom. The molecule has 0 radical (unpaired) electrons. The van der Waals surface area contributed by atoms with Crippen LogP contribution in [0.4, 0.5) is 0 Å². The normalized spacial score (nSPS) is 20.8. The van der Waals surface area contributed by atoms with Gasteiger partial charge < -0.3 is 9.31 Å². The number of benzene rings is 1. The molecule has 1 aliphatic rings. The first-order chi connectivity index (χ1) is 9.35. The van der Waals surface area contributed by atoms with Gasteiger partial charge in [0.05, 0.1) is 16.1 Å². The summed E-state index contributed by atoms with van der Waals surface area (Å²) in [6, 6.07) is 3.55. The summed E-state index contributed by atoms with van der Waals surface area (Å²) in [6.45, 7) is 11.7. The highest BCUT2D eigenvalue weighted by atomic mass is 32.2. The van der Waals surface area contributed by atoms with Crippen LogP contribution in [-0.2, 0) is 19.1 Å². The van der Waals surface area contributed by atoms with Gasteiger partial charge in [0.2, 0.25) is 0 Å². The fourth-order valence-electron chi connectivity index (χ4n) is 2.44. The number of sulfone groups is 1. The Labute approximate surface area is 127 Å². The lowest BCUT2D eigenvalue weighted by atomic mass is 9.75. The molecule has 116 valence electrons. The van der Waals surface area contributed by atoms with Crippen molar-refractivity contribution in [3.63, 3.8) is 0 Å². The first-order valence-corrected chi connectivity index (χ1v) is 8.91. The van der Waals surface area contributed by atoms with Crippen molar-refractivity contribution in [2.24, 2.45) is 0 Å². The smallest absolute Gasteiger partial charge is 0.399 e. The molecule has 0 aromatic heterocycles. The lowest BCUT2D eigenvalue weighted by Gasteiger charge is -2.32. The predicted molar refractivity (Wildman–Crippen MR) is 84.7 cm³/mol. The van der Waals surface area contributed by atoms with Gasteiger partial charge in [-0.3, -0.25) is 0 Å². The van der Waals surface area contributed by atoms with E-state index in [0.717, 1.165) is 11.0 Å². The minimum absolute atomic E-state index is 0.361. The molecule has 0 amide bonds. The number of hydrogen-bond donors (Lipinski definition) is 0. The zero-order chi connectivity index (χ0) is 16.2. The molecular formula is C15H23BO4S. The zero-order valence-corrected chi connectivity index (χ0v) is 14.6. The molecular weight excluding hydrogens is 287 g/mol. The van der Waals surface area contributed by atoms with E-state index >= 15 is 0 Å². The van der Waals surface area contributed by atoms with E-state index in [1.165, 1.54) is 6.26 Å². The van der Waals surface area contributed by atoms with Crippen molar-refractivity contribution < 1.29 is 17.7 Å². The van der Waals surface area contributed by atoms with Crippen LogP contribution in [-0.4, -0.2) is 33.0 Å². The van der Waals surface area contributed by atoms with Crippen molar-refractivity contribution in [1.29, 1.82) is 0 Å². The molecule has 1 saturated heterocycles. The van der Waals surface area contributed by atoms with Crippen molar-refractivity contribution in [2.45, 2.75) is 57.6 Å². The Morgan fingerprint density at radius 2 is 1.43 bits per heavy atom. The first kappa shape index (κ1) is 16.5. The predicted octanol–water partition coefficient (Wildman–Crippen LogP) is 2.01. The van der Waals surface area contributed by atoms with Crippen LogP contribution in [0, 0.1) is 13.8 Å². The summed E-state index contributed by atoms with van der Waals surface area (Å²) >= 11 is 0. The molecule has 2 rings (SSSR count). The molecule has 1 fully saturated rings. The Kier molecular flexibility index (Phi) is 3.80. The topological polar surface area (TPSA) is 52.6 Å². The highest BCUT2D eigenvalue weighted by molar-refractivity contribution is 7.90. The van der Waals surface area contributed by atoms with Crippen LogP contribution in [0.25, 0.3) is 0 Å². The third-order valence-electron chi connectivity index (χ3n) is 4.47. The lowest BCUT2D eigenvalue weighted by molar-refractivity contribution is 0.00578. The summed E-state index contributed by atoms with van der Waals surface area (Å²) < 4.78 is 35.6. The maximum atomic E-state index is 11.8. The second-order valence-electron chi connectivity index (χ2n) is 6.83. The van der Waals surface area contributed by atoms with Gasteiger partial charge >= 0.3 is 7.12 Å². The molecule has 4 nitrogen and oxygen atoms in total. The highest BCUT2D eigenvalue weighted by Gasteiger charge is 2.52. The molecule has 0 saturated carbocycles. The van der Waals surface area contributed by atoms with Gasteiger partial charge in [-0.05, 0) is 58.6 Å². The third-order valence-corrected chi connectivity index (χ3v) is 5.71. The largest absolute Gasteiger partial charge is 0.495 e. The Bertz CT molecular complexity index is 661. The summed E-state index contributed by atoms with van der Waals surface area (Å²) in [5, 5.41) is 0. The maximum absolute atomic E-state index is 11.8. The minimum atomic E-state index is -3.22. The molecule has 1 aliphatic heterocycles. The van der Waals surface area contributed by atoms with Crippen molar-refractivity contribution in [1.82, 2.24) is 0 Å². The Morgan fingerprint density at radius 1 is 0.952 bits per heavy atom. The van der Waals surface area contributed by atoms with E-state index in [1.807, 2.05) is 40.7 Å². The molecule has 0 unspecified atom stereocenters. The number of aryl methyl sites for hydroxylation is 2. The van der Waals surface area contributed by atoms with E-state index < -0.39 is 28.2 Å². The van der Waals surface area contributed by atoms with E-state index in [4.69, 9.17) is 9.31 Å². The maximum Gasteiger partial charge on any atom is 0.495 e. The standard InChI is InChI=1S/C15H23BO4S/c1-10-9-13(21(7,17)18)11(2)8-12(10)16-19-14(3,4)15(5,6)20-16/h8-9H,1-7H3. The summed E-state index contributed by atoms with van der Waals surface area (Å²) in [6.07, 6.45) is 1.23. The van der Waals surface area contributed by atoms with Gasteiger partial charge in [0, 0.05) is 6.26 Å². The molecule has 1 aromatic carbocycles. The molecule has 0 N–H and O–H groups in total. The Balaban J connectivity index is 2.47. The Hall–Kier alpha value is -0.845. The second kappa shape index (κ2) is 4.83. The van der Waals surface area contributed by atoms with Crippen molar-refractivity contribution in [3.8, 4) is 0 Å². The molecule has 0 aliphatic carbocycles. The van der Waals surface area contributed by atoms with Crippen LogP contribution in [0.1, 0.15) is 38.8 Å². The van der Waals surface area contributed by atoms with Gasteiger partial charge in [-0.1, -0.05) is 11.6 Å². The highest BCUT2D eigenvalue weighted by Crippen LogP contribution is 2.36. The molecule has 21 heavy (non-hydrogen) atoms. The van der Waals surface area contributed by atoms with Crippen LogP contribution in [0.5, 0.6) is 0 Å².